The zero-order chi connectivity index (χ0) is 19.1. The minimum absolute atomic E-state index is 0.467. The number of anilines is 1. The van der Waals surface area contributed by atoms with Gasteiger partial charge in [-0.1, -0.05) is 31.4 Å². The van der Waals surface area contributed by atoms with Crippen LogP contribution in [-0.4, -0.2) is 9.55 Å². The lowest BCUT2D eigenvalue weighted by atomic mass is 9.77. The van der Waals surface area contributed by atoms with Crippen LogP contribution in [0.15, 0.2) is 30.7 Å². The number of nitrogens with zero attached hydrogens (tertiary/aromatic N) is 3. The van der Waals surface area contributed by atoms with Crippen LogP contribution in [-0.2, 0) is 0 Å². The minimum atomic E-state index is 0.467. The molecule has 0 amide bonds. The summed E-state index contributed by atoms with van der Waals surface area (Å²) in [6.45, 7) is 4.24. The van der Waals surface area contributed by atoms with Crippen LogP contribution in [0.5, 0.6) is 0 Å². The topological polar surface area (TPSA) is 67.6 Å². The summed E-state index contributed by atoms with van der Waals surface area (Å²) in [6, 6.07) is 6.89. The van der Waals surface area contributed by atoms with Crippen molar-refractivity contribution in [1.29, 1.82) is 5.26 Å². The average Bonchev–Trinajstić information content (AvgIpc) is 2.97. The fourth-order valence-electron chi connectivity index (χ4n) is 4.26. The van der Waals surface area contributed by atoms with E-state index in [0.29, 0.717) is 22.3 Å². The lowest BCUT2D eigenvalue weighted by Crippen LogP contribution is -2.26. The van der Waals surface area contributed by atoms with Gasteiger partial charge in [-0.3, -0.25) is 4.98 Å². The summed E-state index contributed by atoms with van der Waals surface area (Å²) in [5.41, 5.74) is 11.1. The molecule has 4 nitrogen and oxygen atoms in total. The summed E-state index contributed by atoms with van der Waals surface area (Å²) in [5, 5.41) is 11.0. The van der Waals surface area contributed by atoms with E-state index in [1.165, 1.54) is 25.7 Å². The maximum absolute atomic E-state index is 9.49. The van der Waals surface area contributed by atoms with E-state index in [9.17, 15) is 5.26 Å². The van der Waals surface area contributed by atoms with Gasteiger partial charge in [-0.25, -0.2) is 0 Å². The van der Waals surface area contributed by atoms with E-state index in [4.69, 9.17) is 17.3 Å². The number of halogens is 1. The number of aryl methyl sites for hydroxylation is 1. The van der Waals surface area contributed by atoms with Crippen LogP contribution in [0.2, 0.25) is 5.02 Å². The largest absolute Gasteiger partial charge is 0.396 e. The molecule has 0 radical (unpaired) electrons. The van der Waals surface area contributed by atoms with Crippen LogP contribution >= 0.6 is 11.6 Å². The fourth-order valence-corrected chi connectivity index (χ4v) is 4.46. The first kappa shape index (κ1) is 17.9. The molecule has 2 N–H and O–H groups in total. The van der Waals surface area contributed by atoms with Gasteiger partial charge in [-0.2, -0.15) is 5.26 Å². The smallest absolute Gasteiger partial charge is 0.0994 e. The van der Waals surface area contributed by atoms with E-state index < -0.39 is 0 Å². The molecule has 1 aliphatic carbocycles. The molecule has 1 aliphatic rings. The molecule has 2 heterocycles. The molecule has 0 spiro atoms. The third kappa shape index (κ3) is 2.96. The van der Waals surface area contributed by atoms with Crippen LogP contribution in [0.4, 0.5) is 5.69 Å². The number of hydrogen-bond acceptors (Lipinski definition) is 3. The number of nitriles is 1. The number of fused-ring (bicyclic) bond motifs is 1. The normalized spacial score (nSPS) is 19.0. The molecule has 0 atom stereocenters. The summed E-state index contributed by atoms with van der Waals surface area (Å²) < 4.78 is 2.37. The second-order valence-corrected chi connectivity index (χ2v) is 7.99. The summed E-state index contributed by atoms with van der Waals surface area (Å²) in [6.07, 6.45) is 10.4. The summed E-state index contributed by atoms with van der Waals surface area (Å²) in [5.74, 6) is 0.818. The van der Waals surface area contributed by atoms with Crippen molar-refractivity contribution in [3.8, 4) is 17.2 Å². The SMILES string of the molecule is CCCC1CC(n2cc(-c3cncc(N)c3Cl)c3cc(C#N)c(C)cc32)C1. The molecule has 1 saturated carbocycles. The molecule has 3 aromatic rings. The van der Waals surface area contributed by atoms with Gasteiger partial charge in [0.2, 0.25) is 0 Å². The summed E-state index contributed by atoms with van der Waals surface area (Å²) >= 11 is 6.49. The second-order valence-electron chi connectivity index (χ2n) is 7.62. The fraction of sp³-hybridized carbons (Fsp3) is 0.364. The average molecular weight is 379 g/mol. The Balaban J connectivity index is 1.89. The highest BCUT2D eigenvalue weighted by atomic mass is 35.5. The lowest BCUT2D eigenvalue weighted by Gasteiger charge is -2.37. The molecule has 138 valence electrons. The maximum atomic E-state index is 9.49. The number of nitrogen functional groups attached to an aromatic ring is 1. The Morgan fingerprint density at radius 3 is 2.78 bits per heavy atom. The number of rotatable bonds is 4. The van der Waals surface area contributed by atoms with Crippen LogP contribution in [0.25, 0.3) is 22.0 Å². The first-order valence-electron chi connectivity index (χ1n) is 9.48. The van der Waals surface area contributed by atoms with Crippen molar-refractivity contribution in [3.05, 3.63) is 46.9 Å². The Labute approximate surface area is 164 Å². The van der Waals surface area contributed by atoms with Crippen LogP contribution in [0.3, 0.4) is 0 Å². The lowest BCUT2D eigenvalue weighted by molar-refractivity contribution is 0.190. The van der Waals surface area contributed by atoms with E-state index in [0.717, 1.165) is 33.5 Å². The van der Waals surface area contributed by atoms with Crippen LogP contribution < -0.4 is 5.73 Å². The minimum Gasteiger partial charge on any atom is -0.396 e. The van der Waals surface area contributed by atoms with Gasteiger partial charge < -0.3 is 10.3 Å². The van der Waals surface area contributed by atoms with Gasteiger partial charge in [0.05, 0.1) is 28.5 Å². The maximum Gasteiger partial charge on any atom is 0.0994 e. The summed E-state index contributed by atoms with van der Waals surface area (Å²) in [4.78, 5) is 4.23. The van der Waals surface area contributed by atoms with Crippen molar-refractivity contribution in [2.45, 2.75) is 45.6 Å². The molecule has 0 aliphatic heterocycles. The van der Waals surface area contributed by atoms with E-state index in [1.54, 1.807) is 12.4 Å². The number of hydrogen-bond donors (Lipinski definition) is 1. The molecule has 0 bridgehead atoms. The third-order valence-corrected chi connectivity index (χ3v) is 6.22. The van der Waals surface area contributed by atoms with Crippen molar-refractivity contribution in [2.24, 2.45) is 5.92 Å². The van der Waals surface area contributed by atoms with Crippen molar-refractivity contribution in [3.63, 3.8) is 0 Å². The van der Waals surface area contributed by atoms with Gasteiger partial charge in [0, 0.05) is 40.5 Å². The highest BCUT2D eigenvalue weighted by Crippen LogP contribution is 2.45. The van der Waals surface area contributed by atoms with Gasteiger partial charge in [-0.05, 0) is 43.4 Å². The quantitative estimate of drug-likeness (QED) is 0.617. The first-order valence-corrected chi connectivity index (χ1v) is 9.85. The Morgan fingerprint density at radius 1 is 1.30 bits per heavy atom. The highest BCUT2D eigenvalue weighted by Gasteiger charge is 2.31. The molecular formula is C22H23ClN4. The van der Waals surface area contributed by atoms with Gasteiger partial charge in [0.1, 0.15) is 0 Å². The number of nitrogens with two attached hydrogens (primary N) is 1. The van der Waals surface area contributed by atoms with Crippen LogP contribution in [0, 0.1) is 24.2 Å². The van der Waals surface area contributed by atoms with E-state index in [1.807, 2.05) is 13.0 Å². The molecule has 1 fully saturated rings. The standard InChI is InChI=1S/C22H23ClN4/c1-3-4-14-6-16(7-14)27-12-19(18-10-26-11-20(25)22(18)23)17-8-15(9-24)13(2)5-21(17)27/h5,8,10-12,14,16H,3-4,6-7,25H2,1-2H3. The number of pyridine rings is 1. The zero-order valence-electron chi connectivity index (χ0n) is 15.7. The van der Waals surface area contributed by atoms with Crippen LogP contribution in [0.1, 0.15) is 49.8 Å². The Morgan fingerprint density at radius 2 is 2.07 bits per heavy atom. The van der Waals surface area contributed by atoms with E-state index >= 15 is 0 Å². The van der Waals surface area contributed by atoms with Crippen molar-refractivity contribution >= 4 is 28.2 Å². The van der Waals surface area contributed by atoms with Crippen molar-refractivity contribution in [2.75, 3.05) is 5.73 Å². The van der Waals surface area contributed by atoms with E-state index in [2.05, 4.69) is 34.8 Å². The predicted molar refractivity (Wildman–Crippen MR) is 111 cm³/mol. The van der Waals surface area contributed by atoms with Gasteiger partial charge >= 0.3 is 0 Å². The summed E-state index contributed by atoms with van der Waals surface area (Å²) in [7, 11) is 0. The van der Waals surface area contributed by atoms with Crippen molar-refractivity contribution < 1.29 is 0 Å². The van der Waals surface area contributed by atoms with Gasteiger partial charge in [0.15, 0.2) is 0 Å². The second kappa shape index (κ2) is 6.90. The monoisotopic (exact) mass is 378 g/mol. The number of benzene rings is 1. The first-order chi connectivity index (χ1) is 13.0. The van der Waals surface area contributed by atoms with Gasteiger partial charge in [0.25, 0.3) is 0 Å². The third-order valence-electron chi connectivity index (χ3n) is 5.80. The zero-order valence-corrected chi connectivity index (χ0v) is 16.4. The molecule has 0 saturated heterocycles. The number of aromatic nitrogens is 2. The molecule has 5 heteroatoms. The Kier molecular flexibility index (Phi) is 4.57. The van der Waals surface area contributed by atoms with Gasteiger partial charge in [-0.15, -0.1) is 0 Å². The molecule has 2 aromatic heterocycles. The Bertz CT molecular complexity index is 1050. The highest BCUT2D eigenvalue weighted by molar-refractivity contribution is 6.36. The molecule has 0 unspecified atom stereocenters. The molecule has 27 heavy (non-hydrogen) atoms. The van der Waals surface area contributed by atoms with E-state index in [-0.39, 0.29) is 0 Å². The molecule has 4 rings (SSSR count). The molecular weight excluding hydrogens is 356 g/mol. The predicted octanol–water partition coefficient (Wildman–Crippen LogP) is 5.87. The molecule has 1 aromatic carbocycles. The van der Waals surface area contributed by atoms with Crippen molar-refractivity contribution in [1.82, 2.24) is 9.55 Å². The Hall–Kier alpha value is -2.51.